The number of carbonyl (C=O) groups excluding carboxylic acids is 1. The number of guanidine groups is 1. The maximum atomic E-state index is 11.6. The Kier molecular flexibility index (Phi) is 5.71. The topological polar surface area (TPSA) is 69.2 Å². The molecule has 1 aromatic rings. The molecule has 0 aliphatic carbocycles. The predicted octanol–water partition coefficient (Wildman–Crippen LogP) is 1.20. The van der Waals surface area contributed by atoms with Crippen LogP contribution in [0.5, 0.6) is 0 Å². The van der Waals surface area contributed by atoms with Gasteiger partial charge < -0.3 is 25.2 Å². The molecule has 28 heavy (non-hydrogen) atoms. The molecule has 152 valence electrons. The normalized spacial score (nSPS) is 25.5. The first-order chi connectivity index (χ1) is 13.7. The van der Waals surface area contributed by atoms with Crippen molar-refractivity contribution in [1.29, 1.82) is 0 Å². The summed E-state index contributed by atoms with van der Waals surface area (Å²) >= 11 is 0. The van der Waals surface area contributed by atoms with E-state index >= 15 is 0 Å². The van der Waals surface area contributed by atoms with Crippen LogP contribution in [0.3, 0.4) is 0 Å². The highest BCUT2D eigenvalue weighted by molar-refractivity contribution is 5.82. The third-order valence-electron chi connectivity index (χ3n) is 6.01. The van der Waals surface area contributed by atoms with Crippen LogP contribution in [0, 0.1) is 5.41 Å². The lowest BCUT2D eigenvalue weighted by Crippen LogP contribution is -2.47. The van der Waals surface area contributed by atoms with Gasteiger partial charge in [0.1, 0.15) is 0 Å². The Morgan fingerprint density at radius 2 is 2.14 bits per heavy atom. The van der Waals surface area contributed by atoms with Gasteiger partial charge in [-0.25, -0.2) is 4.99 Å². The van der Waals surface area contributed by atoms with Gasteiger partial charge in [0.25, 0.3) is 0 Å². The van der Waals surface area contributed by atoms with Crippen LogP contribution in [-0.2, 0) is 16.1 Å². The number of ether oxygens (including phenoxy) is 1. The van der Waals surface area contributed by atoms with Crippen molar-refractivity contribution < 1.29 is 9.53 Å². The molecule has 1 unspecified atom stereocenters. The van der Waals surface area contributed by atoms with Crippen molar-refractivity contribution in [2.75, 3.05) is 57.4 Å². The average molecular weight is 386 g/mol. The number of nitrogens with one attached hydrogen (secondary N) is 2. The minimum absolute atomic E-state index is 0.0891. The van der Waals surface area contributed by atoms with Gasteiger partial charge in [0.05, 0.1) is 19.7 Å². The Morgan fingerprint density at radius 3 is 2.86 bits per heavy atom. The van der Waals surface area contributed by atoms with E-state index in [1.54, 1.807) is 0 Å². The van der Waals surface area contributed by atoms with Gasteiger partial charge in [0, 0.05) is 50.4 Å². The SMILES string of the molecule is CCNC(=NCc1ccc(N2CCNC(=O)C2)cc1)N1CCC2(CCOC2)C1. The molecule has 0 radical (unpaired) electrons. The van der Waals surface area contributed by atoms with E-state index in [0.717, 1.165) is 51.0 Å². The van der Waals surface area contributed by atoms with Crippen molar-refractivity contribution >= 4 is 17.6 Å². The van der Waals surface area contributed by atoms with Crippen molar-refractivity contribution in [3.63, 3.8) is 0 Å². The number of nitrogens with zero attached hydrogens (tertiary/aromatic N) is 3. The molecule has 0 bridgehead atoms. The number of hydrogen-bond donors (Lipinski definition) is 2. The summed E-state index contributed by atoms with van der Waals surface area (Å²) < 4.78 is 5.65. The summed E-state index contributed by atoms with van der Waals surface area (Å²) in [4.78, 5) is 21.0. The van der Waals surface area contributed by atoms with Crippen LogP contribution in [0.4, 0.5) is 5.69 Å². The highest BCUT2D eigenvalue weighted by atomic mass is 16.5. The summed E-state index contributed by atoms with van der Waals surface area (Å²) in [5, 5.41) is 6.32. The Bertz CT molecular complexity index is 712. The molecule has 1 atom stereocenters. The van der Waals surface area contributed by atoms with Gasteiger partial charge in [-0.1, -0.05) is 12.1 Å². The van der Waals surface area contributed by atoms with Crippen molar-refractivity contribution in [3.8, 4) is 0 Å². The number of carbonyl (C=O) groups is 1. The van der Waals surface area contributed by atoms with Gasteiger partial charge >= 0.3 is 0 Å². The van der Waals surface area contributed by atoms with E-state index in [0.29, 0.717) is 25.0 Å². The second kappa shape index (κ2) is 8.39. The van der Waals surface area contributed by atoms with Crippen molar-refractivity contribution in [2.45, 2.75) is 26.3 Å². The summed E-state index contributed by atoms with van der Waals surface area (Å²) in [7, 11) is 0. The number of benzene rings is 1. The van der Waals surface area contributed by atoms with Gasteiger partial charge in [-0.3, -0.25) is 4.79 Å². The van der Waals surface area contributed by atoms with Crippen molar-refractivity contribution in [1.82, 2.24) is 15.5 Å². The highest BCUT2D eigenvalue weighted by Gasteiger charge is 2.42. The van der Waals surface area contributed by atoms with E-state index in [-0.39, 0.29) is 5.91 Å². The van der Waals surface area contributed by atoms with E-state index in [9.17, 15) is 4.79 Å². The summed E-state index contributed by atoms with van der Waals surface area (Å²) in [5.41, 5.74) is 2.61. The number of aliphatic imine (C=N–C) groups is 1. The number of hydrogen-bond acceptors (Lipinski definition) is 4. The third-order valence-corrected chi connectivity index (χ3v) is 6.01. The maximum Gasteiger partial charge on any atom is 0.239 e. The molecular formula is C21H31N5O2. The number of likely N-dealkylation sites (tertiary alicyclic amines) is 1. The van der Waals surface area contributed by atoms with E-state index in [1.165, 1.54) is 18.4 Å². The quantitative estimate of drug-likeness (QED) is 0.602. The van der Waals surface area contributed by atoms with Gasteiger partial charge in [0.2, 0.25) is 5.91 Å². The van der Waals surface area contributed by atoms with Crippen LogP contribution in [0.15, 0.2) is 29.3 Å². The third kappa shape index (κ3) is 4.24. The average Bonchev–Trinajstić information content (AvgIpc) is 3.35. The van der Waals surface area contributed by atoms with Gasteiger partial charge in [-0.15, -0.1) is 0 Å². The van der Waals surface area contributed by atoms with Crippen LogP contribution in [0.25, 0.3) is 0 Å². The summed E-state index contributed by atoms with van der Waals surface area (Å²) in [5.74, 6) is 1.09. The number of rotatable bonds is 4. The molecule has 3 saturated heterocycles. The predicted molar refractivity (Wildman–Crippen MR) is 111 cm³/mol. The molecule has 3 aliphatic rings. The largest absolute Gasteiger partial charge is 0.381 e. The zero-order valence-electron chi connectivity index (χ0n) is 16.7. The van der Waals surface area contributed by atoms with E-state index in [1.807, 2.05) is 0 Å². The summed E-state index contributed by atoms with van der Waals surface area (Å²) in [6.45, 7) is 9.50. The van der Waals surface area contributed by atoms with Crippen LogP contribution in [0.1, 0.15) is 25.3 Å². The van der Waals surface area contributed by atoms with Gasteiger partial charge in [0.15, 0.2) is 5.96 Å². The minimum atomic E-state index is 0.0891. The molecule has 3 fully saturated rings. The lowest BCUT2D eigenvalue weighted by Gasteiger charge is -2.28. The molecule has 0 saturated carbocycles. The molecular weight excluding hydrogens is 354 g/mol. The summed E-state index contributed by atoms with van der Waals surface area (Å²) in [6, 6.07) is 8.42. The number of amides is 1. The van der Waals surface area contributed by atoms with Gasteiger partial charge in [-0.2, -0.15) is 0 Å². The fraction of sp³-hybridized carbons (Fsp3) is 0.619. The van der Waals surface area contributed by atoms with Crippen molar-refractivity contribution in [2.24, 2.45) is 10.4 Å². The smallest absolute Gasteiger partial charge is 0.239 e. The molecule has 1 amide bonds. The number of piperazine rings is 1. The Morgan fingerprint density at radius 1 is 1.29 bits per heavy atom. The molecule has 0 aromatic heterocycles. The molecule has 7 nitrogen and oxygen atoms in total. The van der Waals surface area contributed by atoms with E-state index in [2.05, 4.69) is 51.6 Å². The summed E-state index contributed by atoms with van der Waals surface area (Å²) in [6.07, 6.45) is 2.36. The Balaban J connectivity index is 1.39. The lowest BCUT2D eigenvalue weighted by atomic mass is 9.87. The molecule has 4 rings (SSSR count). The molecule has 7 heteroatoms. The fourth-order valence-electron chi connectivity index (χ4n) is 4.35. The Hall–Kier alpha value is -2.28. The zero-order chi connectivity index (χ0) is 19.4. The molecule has 1 spiro atoms. The van der Waals surface area contributed by atoms with Crippen LogP contribution < -0.4 is 15.5 Å². The first kappa shape index (κ1) is 19.1. The maximum absolute atomic E-state index is 11.6. The van der Waals surface area contributed by atoms with Crippen LogP contribution in [0.2, 0.25) is 0 Å². The second-order valence-electron chi connectivity index (χ2n) is 8.08. The van der Waals surface area contributed by atoms with Crippen molar-refractivity contribution in [3.05, 3.63) is 29.8 Å². The van der Waals surface area contributed by atoms with E-state index in [4.69, 9.17) is 9.73 Å². The Labute approximate surface area is 167 Å². The minimum Gasteiger partial charge on any atom is -0.381 e. The standard InChI is InChI=1S/C21H31N5O2/c1-2-22-20(26-10-7-21(15-26)8-12-28-16-21)24-13-17-3-5-18(6-4-17)25-11-9-23-19(27)14-25/h3-6H,2,7-16H2,1H3,(H,22,24)(H,23,27). The van der Waals surface area contributed by atoms with Crippen LogP contribution >= 0.6 is 0 Å². The molecule has 2 N–H and O–H groups in total. The molecule has 3 heterocycles. The van der Waals surface area contributed by atoms with E-state index < -0.39 is 0 Å². The first-order valence-corrected chi connectivity index (χ1v) is 10.4. The fourth-order valence-corrected chi connectivity index (χ4v) is 4.35. The number of anilines is 1. The highest BCUT2D eigenvalue weighted by Crippen LogP contribution is 2.38. The second-order valence-corrected chi connectivity index (χ2v) is 8.08. The first-order valence-electron chi connectivity index (χ1n) is 10.4. The van der Waals surface area contributed by atoms with Gasteiger partial charge in [-0.05, 0) is 37.5 Å². The molecule has 3 aliphatic heterocycles. The zero-order valence-corrected chi connectivity index (χ0v) is 16.7. The lowest BCUT2D eigenvalue weighted by molar-refractivity contribution is -0.120. The molecule has 1 aromatic carbocycles. The van der Waals surface area contributed by atoms with Crippen LogP contribution in [-0.4, -0.2) is 69.2 Å². The monoisotopic (exact) mass is 385 g/mol.